The molecule has 0 aliphatic heterocycles. The summed E-state index contributed by atoms with van der Waals surface area (Å²) in [7, 11) is 0. The molecule has 0 unspecified atom stereocenters. The number of carbonyl (C=O) groups excluding carboxylic acids is 4. The van der Waals surface area contributed by atoms with Gasteiger partial charge in [-0.05, 0) is 78.6 Å². The maximum atomic E-state index is 14.1. The van der Waals surface area contributed by atoms with E-state index in [1.165, 1.54) is 25.0 Å². The summed E-state index contributed by atoms with van der Waals surface area (Å²) in [6.45, 7) is 2.07. The second-order valence-electron chi connectivity index (χ2n) is 14.1. The van der Waals surface area contributed by atoms with Gasteiger partial charge in [-0.2, -0.15) is 0 Å². The van der Waals surface area contributed by atoms with E-state index in [1.54, 1.807) is 24.3 Å². The lowest BCUT2D eigenvalue weighted by Crippen LogP contribution is -2.55. The van der Waals surface area contributed by atoms with Gasteiger partial charge < -0.3 is 30.9 Å². The van der Waals surface area contributed by atoms with Gasteiger partial charge in [-0.3, -0.25) is 19.2 Å². The van der Waals surface area contributed by atoms with Crippen molar-refractivity contribution in [1.29, 1.82) is 0 Å². The molecule has 0 atom stereocenters. The van der Waals surface area contributed by atoms with Crippen molar-refractivity contribution in [3.05, 3.63) is 95.6 Å². The zero-order valence-electron chi connectivity index (χ0n) is 30.1. The number of nitrogens with one attached hydrogen (secondary N) is 4. The first kappa shape index (κ1) is 37.1. The van der Waals surface area contributed by atoms with Crippen molar-refractivity contribution in [2.24, 2.45) is 0 Å². The fourth-order valence-electron chi connectivity index (χ4n) is 7.81. The van der Waals surface area contributed by atoms with Gasteiger partial charge in [-0.25, -0.2) is 4.79 Å². The highest BCUT2D eigenvalue weighted by Crippen LogP contribution is 2.44. The summed E-state index contributed by atoms with van der Waals surface area (Å²) in [4.78, 5) is 63.7. The molecule has 1 heterocycles. The lowest BCUT2D eigenvalue weighted by molar-refractivity contribution is -0.131. The third kappa shape index (κ3) is 8.85. The number of anilines is 1. The van der Waals surface area contributed by atoms with Crippen molar-refractivity contribution in [2.75, 3.05) is 18.4 Å². The predicted octanol–water partition coefficient (Wildman–Crippen LogP) is 6.39. The Balaban J connectivity index is 1.32. The number of nitrogens with zero attached hydrogens (tertiary/aromatic N) is 1. The molecular formula is C42H47N5O6. The van der Waals surface area contributed by atoms with Crippen LogP contribution in [0.15, 0.2) is 78.9 Å². The van der Waals surface area contributed by atoms with E-state index in [1.807, 2.05) is 41.0 Å². The van der Waals surface area contributed by atoms with Gasteiger partial charge in [0.15, 0.2) is 0 Å². The third-order valence-electron chi connectivity index (χ3n) is 10.4. The first-order chi connectivity index (χ1) is 25.6. The molecule has 2 saturated carbocycles. The monoisotopic (exact) mass is 717 g/mol. The SMILES string of the molecule is CC(=O)NCCNC(=O)Cn1c(-c2ccccc2)c(C2CCCCC2)c2ccc(C(=O)NC3(C(=O)Nc4ccc(/C=C/C(=O)O)cc4)CCCC3)cc21. The summed E-state index contributed by atoms with van der Waals surface area (Å²) in [5.74, 6) is -1.78. The average molecular weight is 718 g/mol. The Morgan fingerprint density at radius 1 is 0.849 bits per heavy atom. The number of benzene rings is 3. The predicted molar refractivity (Wildman–Crippen MR) is 205 cm³/mol. The molecule has 5 N–H and O–H groups in total. The number of carboxylic acids is 1. The Morgan fingerprint density at radius 3 is 2.23 bits per heavy atom. The summed E-state index contributed by atoms with van der Waals surface area (Å²) in [5.41, 5.74) is 4.45. The molecule has 2 aliphatic carbocycles. The number of carbonyl (C=O) groups is 5. The fraction of sp³-hybridized carbons (Fsp3) is 0.357. The number of aromatic nitrogens is 1. The summed E-state index contributed by atoms with van der Waals surface area (Å²) in [6.07, 6.45) is 10.6. The molecule has 0 radical (unpaired) electrons. The van der Waals surface area contributed by atoms with Gasteiger partial charge in [-0.1, -0.05) is 80.6 Å². The van der Waals surface area contributed by atoms with Gasteiger partial charge in [0.1, 0.15) is 12.1 Å². The van der Waals surface area contributed by atoms with Crippen molar-refractivity contribution >= 4 is 52.3 Å². The van der Waals surface area contributed by atoms with Gasteiger partial charge >= 0.3 is 5.97 Å². The summed E-state index contributed by atoms with van der Waals surface area (Å²) in [6, 6.07) is 22.6. The second kappa shape index (κ2) is 16.8. The van der Waals surface area contributed by atoms with Gasteiger partial charge in [0.2, 0.25) is 17.7 Å². The molecule has 6 rings (SSSR count). The van der Waals surface area contributed by atoms with Gasteiger partial charge in [0.25, 0.3) is 5.91 Å². The van der Waals surface area contributed by atoms with Gasteiger partial charge in [0, 0.05) is 42.7 Å². The van der Waals surface area contributed by atoms with E-state index in [0.29, 0.717) is 42.1 Å². The fourth-order valence-corrected chi connectivity index (χ4v) is 7.81. The van der Waals surface area contributed by atoms with Crippen LogP contribution < -0.4 is 21.3 Å². The Bertz CT molecular complexity index is 2000. The minimum atomic E-state index is -1.10. The quantitative estimate of drug-likeness (QED) is 0.0797. The molecule has 53 heavy (non-hydrogen) atoms. The van der Waals surface area contributed by atoms with Crippen LogP contribution in [0.5, 0.6) is 0 Å². The van der Waals surface area contributed by atoms with Crippen molar-refractivity contribution in [1.82, 2.24) is 20.5 Å². The molecular weight excluding hydrogens is 670 g/mol. The summed E-state index contributed by atoms with van der Waals surface area (Å²) >= 11 is 0. The van der Waals surface area contributed by atoms with Crippen LogP contribution in [0.3, 0.4) is 0 Å². The molecule has 0 saturated heterocycles. The van der Waals surface area contributed by atoms with E-state index < -0.39 is 11.5 Å². The van der Waals surface area contributed by atoms with Crippen LogP contribution in [-0.2, 0) is 25.7 Å². The highest BCUT2D eigenvalue weighted by atomic mass is 16.4. The normalized spacial score (nSPS) is 15.6. The minimum absolute atomic E-state index is 0.0236. The summed E-state index contributed by atoms with van der Waals surface area (Å²) < 4.78 is 2.02. The number of rotatable bonds is 13. The van der Waals surface area contributed by atoms with Crippen molar-refractivity contribution in [2.45, 2.75) is 82.7 Å². The van der Waals surface area contributed by atoms with E-state index in [9.17, 15) is 24.0 Å². The van der Waals surface area contributed by atoms with Crippen LogP contribution in [0.2, 0.25) is 0 Å². The van der Waals surface area contributed by atoms with Crippen LogP contribution >= 0.6 is 0 Å². The third-order valence-corrected chi connectivity index (χ3v) is 10.4. The van der Waals surface area contributed by atoms with Crippen LogP contribution in [0.25, 0.3) is 28.2 Å². The largest absolute Gasteiger partial charge is 0.478 e. The Labute approximate surface area is 309 Å². The summed E-state index contributed by atoms with van der Waals surface area (Å²) in [5, 5.41) is 21.6. The minimum Gasteiger partial charge on any atom is -0.478 e. The van der Waals surface area contributed by atoms with Crippen LogP contribution in [0.4, 0.5) is 5.69 Å². The zero-order chi connectivity index (χ0) is 37.4. The maximum absolute atomic E-state index is 14.1. The molecule has 0 spiro atoms. The van der Waals surface area contributed by atoms with E-state index in [-0.39, 0.29) is 36.7 Å². The molecule has 4 aromatic rings. The molecule has 276 valence electrons. The number of hydrogen-bond donors (Lipinski definition) is 5. The lowest BCUT2D eigenvalue weighted by Gasteiger charge is -2.29. The van der Waals surface area contributed by atoms with E-state index >= 15 is 0 Å². The van der Waals surface area contributed by atoms with Crippen molar-refractivity contribution in [3.8, 4) is 11.3 Å². The molecule has 11 heteroatoms. The van der Waals surface area contributed by atoms with Crippen LogP contribution in [-0.4, -0.2) is 57.9 Å². The van der Waals surface area contributed by atoms with Crippen molar-refractivity contribution in [3.63, 3.8) is 0 Å². The average Bonchev–Trinajstić information content (AvgIpc) is 3.77. The standard InChI is InChI=1S/C42H47N5O6/c1-28(48)43-24-25-44-36(49)27-47-35-26-32(17-20-34(35)38(30-10-4-2-5-11-30)39(47)31-12-6-3-7-13-31)40(52)46-42(22-8-9-23-42)41(53)45-33-18-14-29(15-19-33)16-21-37(50)51/h3,6-7,12-21,26,30H,2,4-5,8-11,22-25,27H2,1H3,(H,43,48)(H,44,49)(H,45,53)(H,46,52)(H,50,51)/b21-16+. The molecule has 11 nitrogen and oxygen atoms in total. The van der Waals surface area contributed by atoms with Crippen molar-refractivity contribution < 1.29 is 29.1 Å². The van der Waals surface area contributed by atoms with Gasteiger partial charge in [0.05, 0.1) is 11.2 Å². The highest BCUT2D eigenvalue weighted by Gasteiger charge is 2.43. The Hall–Kier alpha value is -5.71. The number of aliphatic carboxylic acids is 1. The van der Waals surface area contributed by atoms with E-state index in [0.717, 1.165) is 66.8 Å². The lowest BCUT2D eigenvalue weighted by atomic mass is 9.81. The number of fused-ring (bicyclic) bond motifs is 1. The highest BCUT2D eigenvalue weighted by molar-refractivity contribution is 6.06. The Kier molecular flexibility index (Phi) is 11.7. The Morgan fingerprint density at radius 2 is 1.55 bits per heavy atom. The van der Waals surface area contributed by atoms with E-state index in [4.69, 9.17) is 5.11 Å². The molecule has 2 aliphatic rings. The first-order valence-corrected chi connectivity index (χ1v) is 18.5. The number of carboxylic acid groups (broad SMARTS) is 1. The van der Waals surface area contributed by atoms with Gasteiger partial charge in [-0.15, -0.1) is 0 Å². The molecule has 1 aromatic heterocycles. The number of amides is 4. The molecule has 3 aromatic carbocycles. The second-order valence-corrected chi connectivity index (χ2v) is 14.1. The molecule has 0 bridgehead atoms. The smallest absolute Gasteiger partial charge is 0.328 e. The molecule has 2 fully saturated rings. The van der Waals surface area contributed by atoms with Crippen LogP contribution in [0, 0.1) is 0 Å². The zero-order valence-corrected chi connectivity index (χ0v) is 30.1. The topological polar surface area (TPSA) is 159 Å². The number of hydrogen-bond acceptors (Lipinski definition) is 5. The molecule has 4 amide bonds. The van der Waals surface area contributed by atoms with E-state index in [2.05, 4.69) is 33.4 Å². The van der Waals surface area contributed by atoms with Crippen LogP contribution in [0.1, 0.15) is 92.1 Å². The first-order valence-electron chi connectivity index (χ1n) is 18.5. The maximum Gasteiger partial charge on any atom is 0.328 e.